The van der Waals surface area contributed by atoms with Gasteiger partial charge in [0.15, 0.2) is 0 Å². The lowest BCUT2D eigenvalue weighted by molar-refractivity contribution is 0.572. The van der Waals surface area contributed by atoms with Gasteiger partial charge in [-0.05, 0) is 36.4 Å². The summed E-state index contributed by atoms with van der Waals surface area (Å²) in [6.45, 7) is 0. The molecule has 0 unspecified atom stereocenters. The summed E-state index contributed by atoms with van der Waals surface area (Å²) in [5.74, 6) is 0.466. The number of nitriles is 2. The smallest absolute Gasteiger partial charge is 0.136 e. The van der Waals surface area contributed by atoms with Gasteiger partial charge in [0, 0.05) is 11.1 Å². The minimum absolute atomic E-state index is 0.169. The number of halogens is 1. The fourth-order valence-corrected chi connectivity index (χ4v) is 2.36. The third-order valence-electron chi connectivity index (χ3n) is 3.51. The van der Waals surface area contributed by atoms with Crippen LogP contribution in [0, 0.1) is 28.5 Å². The van der Waals surface area contributed by atoms with Crippen LogP contribution < -0.4 is 0 Å². The quantitative estimate of drug-likeness (QED) is 0.638. The van der Waals surface area contributed by atoms with E-state index in [9.17, 15) is 9.65 Å². The molecular weight excluding hydrogens is 303 g/mol. The molecule has 0 aliphatic carbocycles. The molecule has 1 heterocycles. The van der Waals surface area contributed by atoms with Gasteiger partial charge in [-0.3, -0.25) is 0 Å². The summed E-state index contributed by atoms with van der Waals surface area (Å²) in [6.07, 6.45) is 1.48. The SMILES string of the molecule is N#C/C(=C/c1ccc(-c2ccccc2C#N)o1)c1ccccc1F. The first kappa shape index (κ1) is 15.3. The summed E-state index contributed by atoms with van der Waals surface area (Å²) < 4.78 is 19.5. The molecule has 114 valence electrons. The van der Waals surface area contributed by atoms with Crippen LogP contribution in [0.3, 0.4) is 0 Å². The Morgan fingerprint density at radius 3 is 2.46 bits per heavy atom. The van der Waals surface area contributed by atoms with E-state index in [1.54, 1.807) is 48.5 Å². The second-order valence-electron chi connectivity index (χ2n) is 5.01. The van der Waals surface area contributed by atoms with Crippen molar-refractivity contribution in [2.24, 2.45) is 0 Å². The van der Waals surface area contributed by atoms with Crippen molar-refractivity contribution in [2.45, 2.75) is 0 Å². The molecule has 0 fully saturated rings. The van der Waals surface area contributed by atoms with Gasteiger partial charge in [-0.2, -0.15) is 10.5 Å². The molecule has 0 radical (unpaired) electrons. The molecule has 4 heteroatoms. The molecule has 0 saturated carbocycles. The van der Waals surface area contributed by atoms with Gasteiger partial charge in [0.2, 0.25) is 0 Å². The molecule has 3 nitrogen and oxygen atoms in total. The van der Waals surface area contributed by atoms with E-state index in [4.69, 9.17) is 9.68 Å². The molecule has 0 amide bonds. The van der Waals surface area contributed by atoms with E-state index in [2.05, 4.69) is 6.07 Å². The number of allylic oxidation sites excluding steroid dienone is 1. The van der Waals surface area contributed by atoms with Gasteiger partial charge >= 0.3 is 0 Å². The van der Waals surface area contributed by atoms with Crippen LogP contribution >= 0.6 is 0 Å². The van der Waals surface area contributed by atoms with Gasteiger partial charge in [-0.15, -0.1) is 0 Å². The number of hydrogen-bond donors (Lipinski definition) is 0. The monoisotopic (exact) mass is 314 g/mol. The van der Waals surface area contributed by atoms with E-state index >= 15 is 0 Å². The second-order valence-corrected chi connectivity index (χ2v) is 5.01. The number of benzene rings is 2. The molecule has 0 N–H and O–H groups in total. The molecule has 0 atom stereocenters. The number of nitrogens with zero attached hydrogens (tertiary/aromatic N) is 2. The first-order valence-corrected chi connectivity index (χ1v) is 7.19. The maximum Gasteiger partial charge on any atom is 0.136 e. The van der Waals surface area contributed by atoms with Crippen molar-refractivity contribution in [3.63, 3.8) is 0 Å². The Bertz CT molecular complexity index is 1000. The highest BCUT2D eigenvalue weighted by Crippen LogP contribution is 2.28. The highest BCUT2D eigenvalue weighted by Gasteiger charge is 2.11. The van der Waals surface area contributed by atoms with Crippen LogP contribution in [-0.2, 0) is 0 Å². The summed E-state index contributed by atoms with van der Waals surface area (Å²) in [5.41, 5.74) is 1.55. The van der Waals surface area contributed by atoms with Crippen LogP contribution in [0.25, 0.3) is 23.0 Å². The second kappa shape index (κ2) is 6.64. The van der Waals surface area contributed by atoms with Crippen LogP contribution in [0.2, 0.25) is 0 Å². The lowest BCUT2D eigenvalue weighted by Crippen LogP contribution is -1.86. The van der Waals surface area contributed by atoms with Gasteiger partial charge < -0.3 is 4.42 Å². The van der Waals surface area contributed by atoms with E-state index in [1.165, 1.54) is 12.1 Å². The maximum atomic E-state index is 13.8. The van der Waals surface area contributed by atoms with E-state index in [-0.39, 0.29) is 11.1 Å². The average Bonchev–Trinajstić information content (AvgIpc) is 3.09. The Hall–Kier alpha value is -3.63. The van der Waals surface area contributed by atoms with Gasteiger partial charge in [0.05, 0.1) is 23.3 Å². The number of furan rings is 1. The molecule has 0 aliphatic heterocycles. The topological polar surface area (TPSA) is 60.7 Å². The zero-order valence-corrected chi connectivity index (χ0v) is 12.5. The molecular formula is C20H11FN2O. The predicted molar refractivity (Wildman–Crippen MR) is 88.7 cm³/mol. The molecule has 3 rings (SSSR count). The molecule has 2 aromatic carbocycles. The number of hydrogen-bond acceptors (Lipinski definition) is 3. The Morgan fingerprint density at radius 1 is 0.958 bits per heavy atom. The fourth-order valence-electron chi connectivity index (χ4n) is 2.36. The molecule has 0 aliphatic rings. The molecule has 0 saturated heterocycles. The summed E-state index contributed by atoms with van der Waals surface area (Å²) in [4.78, 5) is 0. The Kier molecular flexibility index (Phi) is 4.23. The van der Waals surface area contributed by atoms with Crippen LogP contribution in [0.4, 0.5) is 4.39 Å². The van der Waals surface area contributed by atoms with Crippen LogP contribution in [-0.4, -0.2) is 0 Å². The normalized spacial score (nSPS) is 10.9. The first-order chi connectivity index (χ1) is 11.7. The van der Waals surface area contributed by atoms with Gasteiger partial charge in [0.25, 0.3) is 0 Å². The summed E-state index contributed by atoms with van der Waals surface area (Å²) in [7, 11) is 0. The van der Waals surface area contributed by atoms with Crippen molar-refractivity contribution >= 4 is 11.6 Å². The van der Waals surface area contributed by atoms with Crippen LogP contribution in [0.5, 0.6) is 0 Å². The van der Waals surface area contributed by atoms with E-state index in [0.717, 1.165) is 0 Å². The molecule has 0 bridgehead atoms. The molecule has 24 heavy (non-hydrogen) atoms. The van der Waals surface area contributed by atoms with E-state index in [0.29, 0.717) is 22.6 Å². The third kappa shape index (κ3) is 2.95. The third-order valence-corrected chi connectivity index (χ3v) is 3.51. The van der Waals surface area contributed by atoms with Crippen molar-refractivity contribution in [1.29, 1.82) is 10.5 Å². The molecule has 3 aromatic rings. The van der Waals surface area contributed by atoms with Crippen molar-refractivity contribution in [2.75, 3.05) is 0 Å². The van der Waals surface area contributed by atoms with Crippen LogP contribution in [0.1, 0.15) is 16.9 Å². The highest BCUT2D eigenvalue weighted by molar-refractivity contribution is 5.89. The molecule has 0 spiro atoms. The van der Waals surface area contributed by atoms with Gasteiger partial charge in [-0.1, -0.05) is 30.3 Å². The fraction of sp³-hybridized carbons (Fsp3) is 0. The summed E-state index contributed by atoms with van der Waals surface area (Å²) >= 11 is 0. The van der Waals surface area contributed by atoms with Gasteiger partial charge in [0.1, 0.15) is 17.3 Å². The van der Waals surface area contributed by atoms with Crippen molar-refractivity contribution in [3.05, 3.63) is 83.4 Å². The maximum absolute atomic E-state index is 13.8. The zero-order valence-electron chi connectivity index (χ0n) is 12.5. The minimum atomic E-state index is -0.466. The lowest BCUT2D eigenvalue weighted by atomic mass is 10.1. The average molecular weight is 314 g/mol. The van der Waals surface area contributed by atoms with Crippen molar-refractivity contribution in [3.8, 4) is 23.5 Å². The van der Waals surface area contributed by atoms with E-state index in [1.807, 2.05) is 12.1 Å². The zero-order chi connectivity index (χ0) is 16.9. The first-order valence-electron chi connectivity index (χ1n) is 7.19. The summed E-state index contributed by atoms with van der Waals surface area (Å²) in [5, 5.41) is 18.5. The summed E-state index contributed by atoms with van der Waals surface area (Å²) in [6, 6.07) is 20.7. The Balaban J connectivity index is 2.01. The Morgan fingerprint density at radius 2 is 1.71 bits per heavy atom. The van der Waals surface area contributed by atoms with Crippen LogP contribution in [0.15, 0.2) is 65.1 Å². The highest BCUT2D eigenvalue weighted by atomic mass is 19.1. The van der Waals surface area contributed by atoms with Crippen molar-refractivity contribution in [1.82, 2.24) is 0 Å². The van der Waals surface area contributed by atoms with E-state index < -0.39 is 5.82 Å². The standard InChI is InChI=1S/C20H11FN2O/c21-19-8-4-3-6-17(19)15(13-23)11-16-9-10-20(24-16)18-7-2-1-5-14(18)12-22/h1-11H/b15-11-. The van der Waals surface area contributed by atoms with Gasteiger partial charge in [-0.25, -0.2) is 4.39 Å². The largest absolute Gasteiger partial charge is 0.457 e. The molecule has 1 aromatic heterocycles. The Labute approximate surface area is 138 Å². The number of rotatable bonds is 3. The minimum Gasteiger partial charge on any atom is -0.457 e. The lowest BCUT2D eigenvalue weighted by Gasteiger charge is -2.01. The van der Waals surface area contributed by atoms with Crippen molar-refractivity contribution < 1.29 is 8.81 Å². The predicted octanol–water partition coefficient (Wildman–Crippen LogP) is 5.02.